The Labute approximate surface area is 206 Å². The van der Waals surface area contributed by atoms with E-state index < -0.39 is 10.4 Å². The van der Waals surface area contributed by atoms with Gasteiger partial charge in [-0.15, -0.1) is 0 Å². The van der Waals surface area contributed by atoms with E-state index in [1.54, 1.807) is 0 Å². The third kappa shape index (κ3) is 22.7. The van der Waals surface area contributed by atoms with Gasteiger partial charge in [0.1, 0.15) is 0 Å². The van der Waals surface area contributed by atoms with Crippen molar-refractivity contribution in [1.29, 1.82) is 0 Å². The Balaban J connectivity index is -0.000000729. The van der Waals surface area contributed by atoms with Gasteiger partial charge in [0.2, 0.25) is 0 Å². The molecule has 144 valence electrons. The number of carbonyl (C=O) groups is 1. The molecule has 0 saturated carbocycles. The van der Waals surface area contributed by atoms with Gasteiger partial charge in [-0.25, -0.2) is 0 Å². The van der Waals surface area contributed by atoms with Crippen LogP contribution in [-0.4, -0.2) is 41.7 Å². The first-order chi connectivity index (χ1) is 11.8. The Morgan fingerprint density at radius 2 is 1.48 bits per heavy atom. The number of hydrogen-bond donors (Lipinski definition) is 2. The Morgan fingerprint density at radius 3 is 1.96 bits per heavy atom. The van der Waals surface area contributed by atoms with Crippen molar-refractivity contribution in [2.75, 3.05) is 13.2 Å². The molecule has 1 aromatic rings. The molecule has 1 aromatic carbocycles. The van der Waals surface area contributed by atoms with Gasteiger partial charge in [-0.2, -0.15) is 0 Å². The smallest absolute Gasteiger partial charge is 0.759 e. The van der Waals surface area contributed by atoms with E-state index in [9.17, 15) is 4.79 Å². The van der Waals surface area contributed by atoms with Gasteiger partial charge in [0.05, 0.1) is 6.61 Å². The van der Waals surface area contributed by atoms with Crippen molar-refractivity contribution in [2.45, 2.75) is 51.9 Å². The van der Waals surface area contributed by atoms with Crippen LogP contribution in [0.4, 0.5) is 0 Å². The summed E-state index contributed by atoms with van der Waals surface area (Å²) in [6, 6.07) is 7.78. The molecule has 0 aliphatic heterocycles. The van der Waals surface area contributed by atoms with Crippen LogP contribution in [-0.2, 0) is 16.8 Å². The topological polar surface area (TPSA) is 130 Å². The number of nitrogens with one attached hydrogen (secondary N) is 1. The third-order valence-electron chi connectivity index (χ3n) is 3.43. The molecule has 0 atom stereocenters. The van der Waals surface area contributed by atoms with Crippen molar-refractivity contribution < 1.29 is 86.5 Å². The zero-order valence-electron chi connectivity index (χ0n) is 16.6. The molecule has 0 saturated heterocycles. The summed E-state index contributed by atoms with van der Waals surface area (Å²) in [5.74, 6) is -0.120. The fourth-order valence-electron chi connectivity index (χ4n) is 2.20. The molecule has 2 N–H and O–H groups in total. The van der Waals surface area contributed by atoms with Gasteiger partial charge in [0.15, 0.2) is 0 Å². The summed E-state index contributed by atoms with van der Waals surface area (Å²) >= 11 is 0. The molecule has 0 aliphatic carbocycles. The van der Waals surface area contributed by atoms with Gasteiger partial charge in [0, 0.05) is 22.5 Å². The first-order valence-electron chi connectivity index (χ1n) is 8.42. The van der Waals surface area contributed by atoms with E-state index >= 15 is 0 Å². The van der Waals surface area contributed by atoms with E-state index in [-0.39, 0.29) is 71.6 Å². The van der Waals surface area contributed by atoms with Crippen molar-refractivity contribution in [2.24, 2.45) is 0 Å². The summed E-state index contributed by atoms with van der Waals surface area (Å²) < 4.78 is 34.1. The van der Waals surface area contributed by atoms with Crippen molar-refractivity contribution in [3.05, 3.63) is 35.4 Å². The van der Waals surface area contributed by atoms with E-state index in [0.29, 0.717) is 12.1 Å². The molecule has 0 aromatic heterocycles. The number of aryl methyl sites for hydroxylation is 1. The second kappa shape index (κ2) is 19.8. The number of carbonyl (C=O) groups excluding carboxylic acids is 1. The van der Waals surface area contributed by atoms with Crippen molar-refractivity contribution in [1.82, 2.24) is 5.32 Å². The van der Waals surface area contributed by atoms with Crippen LogP contribution < -0.4 is 64.4 Å². The summed E-state index contributed by atoms with van der Waals surface area (Å²) in [5.41, 5.74) is 1.95. The SMILES string of the molecule is CCCCCCCCc1ccc(C(=O)NCCO)cc1.O=S(=O)([O-])[O-].[Na+].[Na+]. The number of aliphatic hydroxyl groups excluding tert-OH is 1. The minimum atomic E-state index is -5.17. The Hall–Kier alpha value is 0.520. The second-order valence-corrected chi connectivity index (χ2v) is 6.42. The number of benzene rings is 1. The number of rotatable bonds is 10. The maximum absolute atomic E-state index is 11.7. The van der Waals surface area contributed by atoms with Crippen LogP contribution in [0.15, 0.2) is 24.3 Å². The molecule has 0 heterocycles. The summed E-state index contributed by atoms with van der Waals surface area (Å²) in [5, 5.41) is 11.3. The Morgan fingerprint density at radius 1 is 1.00 bits per heavy atom. The van der Waals surface area contributed by atoms with Crippen molar-refractivity contribution in [3.8, 4) is 0 Å². The van der Waals surface area contributed by atoms with E-state index in [1.165, 1.54) is 44.1 Å². The van der Waals surface area contributed by atoms with Crippen LogP contribution in [0.2, 0.25) is 0 Å². The molecule has 1 amide bonds. The minimum Gasteiger partial charge on any atom is -0.759 e. The van der Waals surface area contributed by atoms with E-state index in [0.717, 1.165) is 6.42 Å². The standard InChI is InChI=1S/C17H27NO2.2Na.H2O4S/c1-2-3-4-5-6-7-8-15-9-11-16(12-10-15)17(20)18-13-14-19;;;1-5(2,3)4/h9-12,19H,2-8,13-14H2,1H3,(H,18,20);;;(H2,1,2,3,4)/q;2*+1;/p-2. The van der Waals surface area contributed by atoms with Crippen LogP contribution >= 0.6 is 0 Å². The molecule has 10 heteroatoms. The fourth-order valence-corrected chi connectivity index (χ4v) is 2.20. The van der Waals surface area contributed by atoms with Gasteiger partial charge in [-0.3, -0.25) is 13.2 Å². The fraction of sp³-hybridized carbons (Fsp3) is 0.588. The average molecular weight is 419 g/mol. The molecule has 0 unspecified atom stereocenters. The monoisotopic (exact) mass is 419 g/mol. The summed E-state index contributed by atoms with van der Waals surface area (Å²) in [6.07, 6.45) is 8.91. The van der Waals surface area contributed by atoms with Gasteiger partial charge < -0.3 is 19.5 Å². The Bertz CT molecular complexity index is 574. The molecule has 0 radical (unpaired) electrons. The number of unbranched alkanes of at least 4 members (excludes halogenated alkanes) is 5. The first kappa shape index (κ1) is 32.2. The molecular weight excluding hydrogens is 392 g/mol. The number of amides is 1. The predicted molar refractivity (Wildman–Crippen MR) is 93.4 cm³/mol. The van der Waals surface area contributed by atoms with E-state index in [2.05, 4.69) is 12.2 Å². The van der Waals surface area contributed by atoms with Crippen molar-refractivity contribution in [3.63, 3.8) is 0 Å². The van der Waals surface area contributed by atoms with E-state index in [1.807, 2.05) is 24.3 Å². The molecule has 1 rings (SSSR count). The average Bonchev–Trinajstić information content (AvgIpc) is 2.55. The minimum absolute atomic E-state index is 0. The number of aliphatic hydroxyl groups is 1. The molecule has 0 fully saturated rings. The molecule has 7 nitrogen and oxygen atoms in total. The van der Waals surface area contributed by atoms with Gasteiger partial charge >= 0.3 is 59.1 Å². The predicted octanol–water partition coefficient (Wildman–Crippen LogP) is -4.02. The molecular formula is C17H27NNa2O6S. The Kier molecular flexibility index (Phi) is 23.6. The third-order valence-corrected chi connectivity index (χ3v) is 3.43. The van der Waals surface area contributed by atoms with Gasteiger partial charge in [-0.1, -0.05) is 51.2 Å². The van der Waals surface area contributed by atoms with E-state index in [4.69, 9.17) is 22.6 Å². The van der Waals surface area contributed by atoms with Gasteiger partial charge in [-0.05, 0) is 30.5 Å². The largest absolute Gasteiger partial charge is 1.00 e. The maximum Gasteiger partial charge on any atom is 1.00 e. The summed E-state index contributed by atoms with van der Waals surface area (Å²) in [7, 11) is -5.17. The second-order valence-electron chi connectivity index (χ2n) is 5.60. The van der Waals surface area contributed by atoms with Crippen molar-refractivity contribution >= 4 is 16.3 Å². The summed E-state index contributed by atoms with van der Waals surface area (Å²) in [4.78, 5) is 11.7. The zero-order valence-corrected chi connectivity index (χ0v) is 21.4. The van der Waals surface area contributed by atoms with Gasteiger partial charge in [0.25, 0.3) is 5.91 Å². The maximum atomic E-state index is 11.7. The molecule has 0 spiro atoms. The van der Waals surface area contributed by atoms with Crippen LogP contribution in [0.5, 0.6) is 0 Å². The number of hydrogen-bond acceptors (Lipinski definition) is 6. The van der Waals surface area contributed by atoms with Crippen LogP contribution in [0.3, 0.4) is 0 Å². The summed E-state index contributed by atoms with van der Waals surface area (Å²) in [6.45, 7) is 2.51. The molecule has 0 aliphatic rings. The van der Waals surface area contributed by atoms with Crippen LogP contribution in [0.1, 0.15) is 61.4 Å². The van der Waals surface area contributed by atoms with Crippen LogP contribution in [0.25, 0.3) is 0 Å². The zero-order chi connectivity index (χ0) is 19.1. The quantitative estimate of drug-likeness (QED) is 0.172. The van der Waals surface area contributed by atoms with Crippen LogP contribution in [0, 0.1) is 0 Å². The first-order valence-corrected chi connectivity index (χ1v) is 9.76. The normalized spacial score (nSPS) is 9.93. The molecule has 0 bridgehead atoms. The molecule has 27 heavy (non-hydrogen) atoms.